The summed E-state index contributed by atoms with van der Waals surface area (Å²) in [6, 6.07) is 4.36. The molecule has 0 aromatic heterocycles. The van der Waals surface area contributed by atoms with Crippen LogP contribution in [0.1, 0.15) is 29.3 Å². The van der Waals surface area contributed by atoms with Crippen molar-refractivity contribution >= 4 is 5.91 Å². The molecule has 0 saturated heterocycles. The summed E-state index contributed by atoms with van der Waals surface area (Å²) >= 11 is 0. The highest BCUT2D eigenvalue weighted by Gasteiger charge is 2.13. The molecule has 0 unspecified atom stereocenters. The van der Waals surface area contributed by atoms with E-state index in [2.05, 4.69) is 5.32 Å². The second-order valence-electron chi connectivity index (χ2n) is 3.76. The average Bonchev–Trinajstić information content (AvgIpc) is 2.25. The molecule has 0 saturated carbocycles. The largest absolute Gasteiger partial charge is 0.508 e. The molecule has 0 radical (unpaired) electrons. The van der Waals surface area contributed by atoms with Crippen LogP contribution in [0.4, 0.5) is 0 Å². The van der Waals surface area contributed by atoms with Crippen LogP contribution >= 0.6 is 0 Å². The Morgan fingerprint density at radius 2 is 2.19 bits per heavy atom. The highest BCUT2D eigenvalue weighted by molar-refractivity contribution is 5.95. The molecule has 4 heteroatoms. The van der Waals surface area contributed by atoms with Gasteiger partial charge in [0.05, 0.1) is 12.6 Å². The molecular formula is C12H17NO3. The first-order valence-corrected chi connectivity index (χ1v) is 5.29. The zero-order valence-corrected chi connectivity index (χ0v) is 9.53. The Hall–Kier alpha value is -1.55. The van der Waals surface area contributed by atoms with E-state index < -0.39 is 0 Å². The first kappa shape index (κ1) is 12.5. The van der Waals surface area contributed by atoms with Gasteiger partial charge in [0.25, 0.3) is 5.91 Å². The number of hydrogen-bond donors (Lipinski definition) is 3. The molecule has 0 aliphatic carbocycles. The van der Waals surface area contributed by atoms with Crippen molar-refractivity contribution in [2.45, 2.75) is 26.3 Å². The fraction of sp³-hybridized carbons (Fsp3) is 0.417. The van der Waals surface area contributed by atoms with Crippen molar-refractivity contribution in [1.82, 2.24) is 5.32 Å². The number of nitrogens with one attached hydrogen (secondary N) is 1. The molecule has 1 aromatic carbocycles. The number of hydrogen-bond acceptors (Lipinski definition) is 3. The molecule has 4 nitrogen and oxygen atoms in total. The van der Waals surface area contributed by atoms with Gasteiger partial charge in [0, 0.05) is 5.56 Å². The minimum Gasteiger partial charge on any atom is -0.508 e. The number of rotatable bonds is 4. The number of aryl methyl sites for hydroxylation is 1. The van der Waals surface area contributed by atoms with Gasteiger partial charge in [-0.15, -0.1) is 0 Å². The third-order valence-electron chi connectivity index (χ3n) is 2.50. The Morgan fingerprint density at radius 3 is 2.69 bits per heavy atom. The van der Waals surface area contributed by atoms with Crippen LogP contribution in [0.3, 0.4) is 0 Å². The fourth-order valence-corrected chi connectivity index (χ4v) is 1.44. The molecule has 1 amide bonds. The maximum absolute atomic E-state index is 11.8. The van der Waals surface area contributed by atoms with E-state index in [1.807, 2.05) is 6.92 Å². The molecule has 16 heavy (non-hydrogen) atoms. The third kappa shape index (κ3) is 2.97. The summed E-state index contributed by atoms with van der Waals surface area (Å²) in [4.78, 5) is 11.8. The molecule has 88 valence electrons. The molecular weight excluding hydrogens is 206 g/mol. The molecule has 1 rings (SSSR count). The maximum Gasteiger partial charge on any atom is 0.251 e. The monoisotopic (exact) mass is 223 g/mol. The zero-order valence-electron chi connectivity index (χ0n) is 9.53. The van der Waals surface area contributed by atoms with Gasteiger partial charge < -0.3 is 15.5 Å². The van der Waals surface area contributed by atoms with Gasteiger partial charge >= 0.3 is 0 Å². The second kappa shape index (κ2) is 5.51. The number of carbonyl (C=O) groups is 1. The van der Waals surface area contributed by atoms with E-state index in [1.165, 1.54) is 12.1 Å². The molecule has 3 N–H and O–H groups in total. The summed E-state index contributed by atoms with van der Waals surface area (Å²) in [7, 11) is 0. The summed E-state index contributed by atoms with van der Waals surface area (Å²) in [5, 5.41) is 20.9. The van der Waals surface area contributed by atoms with E-state index in [9.17, 15) is 9.90 Å². The molecule has 0 bridgehead atoms. The van der Waals surface area contributed by atoms with E-state index in [-0.39, 0.29) is 24.3 Å². The highest BCUT2D eigenvalue weighted by Crippen LogP contribution is 2.15. The molecule has 1 aromatic rings. The van der Waals surface area contributed by atoms with Crippen molar-refractivity contribution in [2.75, 3.05) is 6.61 Å². The van der Waals surface area contributed by atoms with E-state index >= 15 is 0 Å². The van der Waals surface area contributed by atoms with Gasteiger partial charge in [0.1, 0.15) is 5.75 Å². The molecule has 0 spiro atoms. The van der Waals surface area contributed by atoms with Crippen molar-refractivity contribution < 1.29 is 15.0 Å². The predicted molar refractivity (Wildman–Crippen MR) is 61.5 cm³/mol. The maximum atomic E-state index is 11.8. The number of aromatic hydroxyl groups is 1. The number of benzene rings is 1. The van der Waals surface area contributed by atoms with E-state index in [1.54, 1.807) is 13.0 Å². The summed E-state index contributed by atoms with van der Waals surface area (Å²) in [5.41, 5.74) is 1.23. The summed E-state index contributed by atoms with van der Waals surface area (Å²) < 4.78 is 0. The van der Waals surface area contributed by atoms with Crippen molar-refractivity contribution in [3.8, 4) is 5.75 Å². The second-order valence-corrected chi connectivity index (χ2v) is 3.76. The van der Waals surface area contributed by atoms with Gasteiger partial charge in [0.15, 0.2) is 0 Å². The van der Waals surface area contributed by atoms with E-state index in [4.69, 9.17) is 5.11 Å². The van der Waals surface area contributed by atoms with Crippen LogP contribution in [0.15, 0.2) is 18.2 Å². The first-order valence-electron chi connectivity index (χ1n) is 5.29. The summed E-state index contributed by atoms with van der Waals surface area (Å²) in [6.07, 6.45) is 0.680. The van der Waals surface area contributed by atoms with Crippen molar-refractivity contribution in [2.24, 2.45) is 0 Å². The zero-order chi connectivity index (χ0) is 12.1. The number of phenols is 1. The van der Waals surface area contributed by atoms with Crippen LogP contribution < -0.4 is 5.32 Å². The minimum atomic E-state index is -0.224. The molecule has 0 heterocycles. The number of aliphatic hydroxyl groups excluding tert-OH is 1. The van der Waals surface area contributed by atoms with Gasteiger partial charge in [-0.05, 0) is 37.1 Å². The van der Waals surface area contributed by atoms with E-state index in [0.717, 1.165) is 0 Å². The van der Waals surface area contributed by atoms with Crippen LogP contribution in [0.2, 0.25) is 0 Å². The van der Waals surface area contributed by atoms with Crippen LogP contribution in [-0.4, -0.2) is 28.8 Å². The Kier molecular flexibility index (Phi) is 4.31. The first-order chi connectivity index (χ1) is 7.58. The van der Waals surface area contributed by atoms with Gasteiger partial charge in [-0.2, -0.15) is 0 Å². The van der Waals surface area contributed by atoms with Crippen LogP contribution in [0.25, 0.3) is 0 Å². The summed E-state index contributed by atoms with van der Waals surface area (Å²) in [5.74, 6) is -0.0818. The smallest absolute Gasteiger partial charge is 0.251 e. The molecule has 0 fully saturated rings. The van der Waals surface area contributed by atoms with E-state index in [0.29, 0.717) is 17.5 Å². The Bertz CT molecular complexity index is 373. The Morgan fingerprint density at radius 1 is 1.50 bits per heavy atom. The lowest BCUT2D eigenvalue weighted by Gasteiger charge is -2.15. The number of amides is 1. The number of aliphatic hydroxyl groups is 1. The summed E-state index contributed by atoms with van der Waals surface area (Å²) in [6.45, 7) is 3.58. The molecule has 0 aliphatic rings. The van der Waals surface area contributed by atoms with Gasteiger partial charge in [-0.1, -0.05) is 6.92 Å². The number of carbonyl (C=O) groups excluding carboxylic acids is 1. The lowest BCUT2D eigenvalue weighted by Crippen LogP contribution is -2.37. The minimum absolute atomic E-state index is 0.0701. The Labute approximate surface area is 94.9 Å². The van der Waals surface area contributed by atoms with Crippen molar-refractivity contribution in [3.63, 3.8) is 0 Å². The third-order valence-corrected chi connectivity index (χ3v) is 2.50. The Balaban J connectivity index is 2.80. The predicted octanol–water partition coefficient (Wildman–Crippen LogP) is 1.20. The average molecular weight is 223 g/mol. The van der Waals surface area contributed by atoms with Gasteiger partial charge in [0.2, 0.25) is 0 Å². The topological polar surface area (TPSA) is 69.6 Å². The fourth-order valence-electron chi connectivity index (χ4n) is 1.44. The molecule has 1 atom stereocenters. The van der Waals surface area contributed by atoms with Gasteiger partial charge in [-0.3, -0.25) is 4.79 Å². The quantitative estimate of drug-likeness (QED) is 0.718. The lowest BCUT2D eigenvalue weighted by atomic mass is 10.1. The standard InChI is InChI=1S/C12H17NO3/c1-3-9(7-14)13-12(16)11-5-4-10(15)6-8(11)2/h4-6,9,14-15H,3,7H2,1-2H3,(H,13,16)/t9-/m0/s1. The molecule has 0 aliphatic heterocycles. The lowest BCUT2D eigenvalue weighted by molar-refractivity contribution is 0.0914. The van der Waals surface area contributed by atoms with Gasteiger partial charge in [-0.25, -0.2) is 0 Å². The van der Waals surface area contributed by atoms with Crippen LogP contribution in [0, 0.1) is 6.92 Å². The van der Waals surface area contributed by atoms with Crippen molar-refractivity contribution in [3.05, 3.63) is 29.3 Å². The highest BCUT2D eigenvalue weighted by atomic mass is 16.3. The van der Waals surface area contributed by atoms with Crippen LogP contribution in [0.5, 0.6) is 5.75 Å². The normalized spacial score (nSPS) is 12.2. The van der Waals surface area contributed by atoms with Crippen LogP contribution in [-0.2, 0) is 0 Å². The number of phenolic OH excluding ortho intramolecular Hbond substituents is 1. The SMILES string of the molecule is CC[C@@H](CO)NC(=O)c1ccc(O)cc1C. The van der Waals surface area contributed by atoms with Crippen molar-refractivity contribution in [1.29, 1.82) is 0 Å².